The highest BCUT2D eigenvalue weighted by Crippen LogP contribution is 2.30. The van der Waals surface area contributed by atoms with E-state index < -0.39 is 11.7 Å². The van der Waals surface area contributed by atoms with E-state index in [1.54, 1.807) is 6.92 Å². The summed E-state index contributed by atoms with van der Waals surface area (Å²) < 4.78 is 37.6. The van der Waals surface area contributed by atoms with Crippen LogP contribution in [-0.4, -0.2) is 19.0 Å². The lowest BCUT2D eigenvalue weighted by Crippen LogP contribution is -2.36. The maximum atomic E-state index is 12.5. The predicted molar refractivity (Wildman–Crippen MR) is 65.6 cm³/mol. The van der Waals surface area contributed by atoms with Gasteiger partial charge in [-0.25, -0.2) is 0 Å². The van der Waals surface area contributed by atoms with E-state index in [0.717, 1.165) is 17.7 Å². The van der Waals surface area contributed by atoms with Gasteiger partial charge in [0.1, 0.15) is 0 Å². The Morgan fingerprint density at radius 1 is 1.32 bits per heavy atom. The van der Waals surface area contributed by atoms with Gasteiger partial charge in [-0.05, 0) is 30.7 Å². The number of anilines is 1. The molecule has 19 heavy (non-hydrogen) atoms. The van der Waals surface area contributed by atoms with Crippen LogP contribution in [0.5, 0.6) is 0 Å². The van der Waals surface area contributed by atoms with Crippen molar-refractivity contribution < 1.29 is 18.0 Å². The fraction of sp³-hybridized carbons (Fsp3) is 0.308. The maximum Gasteiger partial charge on any atom is 0.416 e. The molecule has 1 aliphatic rings. The number of carbonyl (C=O) groups excluding carboxylic acids is 1. The summed E-state index contributed by atoms with van der Waals surface area (Å²) in [4.78, 5) is 11.8. The second-order valence-corrected chi connectivity index (χ2v) is 4.36. The van der Waals surface area contributed by atoms with Crippen molar-refractivity contribution in [2.45, 2.75) is 13.1 Å². The third kappa shape index (κ3) is 3.14. The molecule has 1 fully saturated rings. The summed E-state index contributed by atoms with van der Waals surface area (Å²) in [7, 11) is 0. The third-order valence-corrected chi connectivity index (χ3v) is 3.00. The number of benzene rings is 1. The summed E-state index contributed by atoms with van der Waals surface area (Å²) in [6.45, 7) is 2.98. The second-order valence-electron chi connectivity index (χ2n) is 4.36. The standard InChI is InChI=1S/C13H13F3N2O/c1-8(9-6-17-7-9)12(19)18-11-4-2-3-10(5-11)13(14,15)16/h2-5,17H,6-7H2,1H3,(H,18,19). The minimum Gasteiger partial charge on any atom is -0.322 e. The summed E-state index contributed by atoms with van der Waals surface area (Å²) in [5.74, 6) is -0.365. The molecule has 2 N–H and O–H groups in total. The van der Waals surface area contributed by atoms with Gasteiger partial charge < -0.3 is 10.6 Å². The lowest BCUT2D eigenvalue weighted by Gasteiger charge is -2.21. The van der Waals surface area contributed by atoms with Gasteiger partial charge in [-0.15, -0.1) is 0 Å². The summed E-state index contributed by atoms with van der Waals surface area (Å²) in [5.41, 5.74) is 0.897. The predicted octanol–water partition coefficient (Wildman–Crippen LogP) is 2.56. The van der Waals surface area contributed by atoms with Crippen molar-refractivity contribution in [1.82, 2.24) is 5.32 Å². The summed E-state index contributed by atoms with van der Waals surface area (Å²) in [6.07, 6.45) is -4.41. The first kappa shape index (κ1) is 13.6. The van der Waals surface area contributed by atoms with Crippen molar-refractivity contribution in [3.05, 3.63) is 41.0 Å². The van der Waals surface area contributed by atoms with Crippen molar-refractivity contribution in [2.24, 2.45) is 0 Å². The van der Waals surface area contributed by atoms with Gasteiger partial charge in [0.05, 0.1) is 5.56 Å². The average molecular weight is 270 g/mol. The van der Waals surface area contributed by atoms with Crippen molar-refractivity contribution in [3.8, 4) is 0 Å². The van der Waals surface area contributed by atoms with Crippen LogP contribution in [0.2, 0.25) is 0 Å². The number of carbonyl (C=O) groups is 1. The number of nitrogens with one attached hydrogen (secondary N) is 2. The Kier molecular flexibility index (Phi) is 3.61. The third-order valence-electron chi connectivity index (χ3n) is 3.00. The molecule has 102 valence electrons. The zero-order chi connectivity index (χ0) is 14.0. The number of hydrogen-bond donors (Lipinski definition) is 2. The molecular weight excluding hydrogens is 257 g/mol. The molecule has 0 unspecified atom stereocenters. The highest BCUT2D eigenvalue weighted by Gasteiger charge is 2.30. The maximum absolute atomic E-state index is 12.5. The van der Waals surface area contributed by atoms with Gasteiger partial charge in [0.25, 0.3) is 5.91 Å². The Morgan fingerprint density at radius 2 is 2.00 bits per heavy atom. The van der Waals surface area contributed by atoms with Crippen LogP contribution in [-0.2, 0) is 11.0 Å². The molecular formula is C13H13F3N2O. The normalized spacial score (nSPS) is 14.8. The largest absolute Gasteiger partial charge is 0.416 e. The first-order chi connectivity index (χ1) is 8.88. The molecule has 3 nitrogen and oxygen atoms in total. The molecule has 1 amide bonds. The summed E-state index contributed by atoms with van der Waals surface area (Å²) in [6, 6.07) is 4.60. The van der Waals surface area contributed by atoms with E-state index in [0.29, 0.717) is 18.7 Å². The molecule has 1 aliphatic heterocycles. The van der Waals surface area contributed by atoms with Crippen molar-refractivity contribution >= 4 is 11.6 Å². The Hall–Kier alpha value is -1.82. The highest BCUT2D eigenvalue weighted by molar-refractivity contribution is 6.04. The van der Waals surface area contributed by atoms with Crippen LogP contribution in [0.15, 0.2) is 35.4 Å². The van der Waals surface area contributed by atoms with Crippen LogP contribution in [0.25, 0.3) is 0 Å². The number of amides is 1. The second kappa shape index (κ2) is 5.05. The lowest BCUT2D eigenvalue weighted by molar-refractivity contribution is -0.137. The fourth-order valence-electron chi connectivity index (χ4n) is 1.67. The van der Waals surface area contributed by atoms with E-state index in [-0.39, 0.29) is 11.6 Å². The molecule has 1 aromatic carbocycles. The Morgan fingerprint density at radius 3 is 2.53 bits per heavy atom. The number of rotatable bonds is 2. The first-order valence-corrected chi connectivity index (χ1v) is 5.76. The molecule has 1 saturated heterocycles. The topological polar surface area (TPSA) is 41.1 Å². The molecule has 1 aromatic rings. The smallest absolute Gasteiger partial charge is 0.322 e. The molecule has 1 heterocycles. The SMILES string of the molecule is CC(C(=O)Nc1cccc(C(F)(F)F)c1)=C1CNC1. The molecule has 0 bridgehead atoms. The molecule has 0 saturated carbocycles. The van der Waals surface area contributed by atoms with Gasteiger partial charge in [-0.2, -0.15) is 13.2 Å². The molecule has 0 atom stereocenters. The van der Waals surface area contributed by atoms with Gasteiger partial charge in [0.15, 0.2) is 0 Å². The van der Waals surface area contributed by atoms with Gasteiger partial charge in [-0.3, -0.25) is 4.79 Å². The van der Waals surface area contributed by atoms with Crippen molar-refractivity contribution in [3.63, 3.8) is 0 Å². The minimum atomic E-state index is -4.41. The first-order valence-electron chi connectivity index (χ1n) is 5.76. The van der Waals surface area contributed by atoms with Crippen LogP contribution >= 0.6 is 0 Å². The van der Waals surface area contributed by atoms with E-state index >= 15 is 0 Å². The quantitative estimate of drug-likeness (QED) is 0.811. The lowest BCUT2D eigenvalue weighted by atomic mass is 10.0. The molecule has 0 radical (unpaired) electrons. The van der Waals surface area contributed by atoms with Crippen molar-refractivity contribution in [1.29, 1.82) is 0 Å². The Labute approximate surface area is 108 Å². The summed E-state index contributed by atoms with van der Waals surface area (Å²) >= 11 is 0. The number of hydrogen-bond acceptors (Lipinski definition) is 2. The van der Waals surface area contributed by atoms with E-state index in [1.807, 2.05) is 0 Å². The van der Waals surface area contributed by atoms with Gasteiger partial charge in [0, 0.05) is 24.4 Å². The minimum absolute atomic E-state index is 0.145. The number of halogens is 3. The number of alkyl halides is 3. The Bertz CT molecular complexity index is 529. The molecule has 0 spiro atoms. The van der Waals surface area contributed by atoms with Crippen LogP contribution in [0.3, 0.4) is 0 Å². The van der Waals surface area contributed by atoms with Gasteiger partial charge >= 0.3 is 6.18 Å². The van der Waals surface area contributed by atoms with E-state index in [4.69, 9.17) is 0 Å². The van der Waals surface area contributed by atoms with E-state index in [2.05, 4.69) is 10.6 Å². The van der Waals surface area contributed by atoms with Crippen molar-refractivity contribution in [2.75, 3.05) is 18.4 Å². The zero-order valence-corrected chi connectivity index (χ0v) is 10.3. The van der Waals surface area contributed by atoms with Crippen LogP contribution in [0.4, 0.5) is 18.9 Å². The highest BCUT2D eigenvalue weighted by atomic mass is 19.4. The molecule has 2 rings (SSSR count). The van der Waals surface area contributed by atoms with E-state index in [9.17, 15) is 18.0 Å². The van der Waals surface area contributed by atoms with Gasteiger partial charge in [-0.1, -0.05) is 6.07 Å². The van der Waals surface area contributed by atoms with Crippen LogP contribution in [0.1, 0.15) is 12.5 Å². The fourth-order valence-corrected chi connectivity index (χ4v) is 1.67. The monoisotopic (exact) mass is 270 g/mol. The van der Waals surface area contributed by atoms with Gasteiger partial charge in [0.2, 0.25) is 0 Å². The van der Waals surface area contributed by atoms with Crippen LogP contribution < -0.4 is 10.6 Å². The average Bonchev–Trinajstić information content (AvgIpc) is 2.25. The molecule has 6 heteroatoms. The Balaban J connectivity index is 2.13. The van der Waals surface area contributed by atoms with E-state index in [1.165, 1.54) is 12.1 Å². The van der Waals surface area contributed by atoms with Crippen LogP contribution in [0, 0.1) is 0 Å². The zero-order valence-electron chi connectivity index (χ0n) is 10.3. The summed E-state index contributed by atoms with van der Waals surface area (Å²) in [5, 5.41) is 5.48. The molecule has 0 aliphatic carbocycles. The molecule has 0 aromatic heterocycles.